The summed E-state index contributed by atoms with van der Waals surface area (Å²) in [4.78, 5) is 0. The van der Waals surface area contributed by atoms with Crippen molar-refractivity contribution in [2.45, 2.75) is 59.8 Å². The molecule has 1 N–H and O–H groups in total. The number of aryl methyl sites for hydroxylation is 1. The standard InChI is InChI=1S/C15H25N5.ClH/c1-5-7-19-8-6-15(18-19)11-16-9-14-10-17-20(12(2)3)13(14)4;/h6,8,10,12,16H,5,7,9,11H2,1-4H3;1H. The number of halogens is 1. The average molecular weight is 312 g/mol. The highest BCUT2D eigenvalue weighted by molar-refractivity contribution is 5.85. The molecule has 0 aliphatic carbocycles. The van der Waals surface area contributed by atoms with Crippen molar-refractivity contribution in [2.24, 2.45) is 0 Å². The van der Waals surface area contributed by atoms with Crippen LogP contribution in [0.25, 0.3) is 0 Å². The van der Waals surface area contributed by atoms with Crippen LogP contribution in [0, 0.1) is 6.92 Å². The summed E-state index contributed by atoms with van der Waals surface area (Å²) in [5, 5.41) is 12.4. The van der Waals surface area contributed by atoms with E-state index >= 15 is 0 Å². The van der Waals surface area contributed by atoms with Crippen molar-refractivity contribution >= 4 is 12.4 Å². The molecule has 0 spiro atoms. The van der Waals surface area contributed by atoms with Crippen LogP contribution in [0.2, 0.25) is 0 Å². The highest BCUT2D eigenvalue weighted by Crippen LogP contribution is 2.12. The number of hydrogen-bond acceptors (Lipinski definition) is 3. The van der Waals surface area contributed by atoms with Crippen molar-refractivity contribution in [2.75, 3.05) is 0 Å². The smallest absolute Gasteiger partial charge is 0.0762 e. The van der Waals surface area contributed by atoms with Gasteiger partial charge in [-0.25, -0.2) is 0 Å². The molecule has 0 unspecified atom stereocenters. The van der Waals surface area contributed by atoms with Crippen molar-refractivity contribution in [3.8, 4) is 0 Å². The summed E-state index contributed by atoms with van der Waals surface area (Å²) in [6, 6.07) is 2.49. The zero-order chi connectivity index (χ0) is 14.5. The van der Waals surface area contributed by atoms with Crippen LogP contribution >= 0.6 is 12.4 Å². The Morgan fingerprint density at radius 3 is 2.67 bits per heavy atom. The van der Waals surface area contributed by atoms with Gasteiger partial charge < -0.3 is 5.32 Å². The second-order valence-corrected chi connectivity index (χ2v) is 5.47. The maximum Gasteiger partial charge on any atom is 0.0762 e. The molecule has 0 bridgehead atoms. The molecule has 2 aromatic rings. The Hall–Kier alpha value is -1.33. The summed E-state index contributed by atoms with van der Waals surface area (Å²) in [5.41, 5.74) is 3.59. The first-order valence-corrected chi connectivity index (χ1v) is 7.37. The fraction of sp³-hybridized carbons (Fsp3) is 0.600. The third-order valence-electron chi connectivity index (χ3n) is 3.41. The molecule has 0 radical (unpaired) electrons. The Kier molecular flexibility index (Phi) is 6.92. The van der Waals surface area contributed by atoms with Crippen LogP contribution < -0.4 is 5.32 Å². The summed E-state index contributed by atoms with van der Waals surface area (Å²) < 4.78 is 4.06. The van der Waals surface area contributed by atoms with Crippen LogP contribution in [0.1, 0.15) is 50.2 Å². The van der Waals surface area contributed by atoms with E-state index in [-0.39, 0.29) is 12.4 Å². The monoisotopic (exact) mass is 311 g/mol. The Morgan fingerprint density at radius 2 is 2.05 bits per heavy atom. The van der Waals surface area contributed by atoms with E-state index in [0.29, 0.717) is 6.04 Å². The van der Waals surface area contributed by atoms with Gasteiger partial charge in [-0.3, -0.25) is 9.36 Å². The molecule has 0 fully saturated rings. The highest BCUT2D eigenvalue weighted by Gasteiger charge is 2.08. The quantitative estimate of drug-likeness (QED) is 0.855. The zero-order valence-electron chi connectivity index (χ0n) is 13.3. The summed E-state index contributed by atoms with van der Waals surface area (Å²) in [6.45, 7) is 11.2. The molecule has 6 heteroatoms. The molecule has 0 aliphatic heterocycles. The van der Waals surface area contributed by atoms with Gasteiger partial charge in [0.05, 0.1) is 11.9 Å². The molecule has 21 heavy (non-hydrogen) atoms. The van der Waals surface area contributed by atoms with Crippen LogP contribution in [0.5, 0.6) is 0 Å². The Labute approximate surface area is 133 Å². The lowest BCUT2D eigenvalue weighted by molar-refractivity contribution is 0.517. The number of hydrogen-bond donors (Lipinski definition) is 1. The van der Waals surface area contributed by atoms with Gasteiger partial charge >= 0.3 is 0 Å². The third kappa shape index (κ3) is 4.58. The van der Waals surface area contributed by atoms with E-state index in [9.17, 15) is 0 Å². The molecule has 0 aromatic carbocycles. The first kappa shape index (κ1) is 17.7. The molecular formula is C15H26ClN5. The largest absolute Gasteiger partial charge is 0.307 e. The molecule has 0 saturated heterocycles. The SMILES string of the molecule is CCCn1ccc(CNCc2cnn(C(C)C)c2C)n1.Cl. The predicted octanol–water partition coefficient (Wildman–Crippen LogP) is 3.09. The van der Waals surface area contributed by atoms with Gasteiger partial charge in [-0.2, -0.15) is 10.2 Å². The first-order chi connectivity index (χ1) is 9.61. The van der Waals surface area contributed by atoms with Gasteiger partial charge in [0.2, 0.25) is 0 Å². The maximum atomic E-state index is 4.52. The van der Waals surface area contributed by atoms with Crippen LogP contribution in [-0.2, 0) is 19.6 Å². The maximum absolute atomic E-state index is 4.52. The van der Waals surface area contributed by atoms with Gasteiger partial charge in [0, 0.05) is 43.1 Å². The van der Waals surface area contributed by atoms with Gasteiger partial charge in [0.25, 0.3) is 0 Å². The van der Waals surface area contributed by atoms with E-state index in [4.69, 9.17) is 0 Å². The number of aromatic nitrogens is 4. The Balaban J connectivity index is 0.00000220. The fourth-order valence-corrected chi connectivity index (χ4v) is 2.33. The highest BCUT2D eigenvalue weighted by atomic mass is 35.5. The summed E-state index contributed by atoms with van der Waals surface area (Å²) in [6.07, 6.45) is 5.11. The molecule has 0 atom stereocenters. The lowest BCUT2D eigenvalue weighted by Crippen LogP contribution is -2.14. The lowest BCUT2D eigenvalue weighted by Gasteiger charge is -2.09. The lowest BCUT2D eigenvalue weighted by atomic mass is 10.2. The van der Waals surface area contributed by atoms with E-state index in [2.05, 4.69) is 54.0 Å². The van der Waals surface area contributed by atoms with E-state index in [0.717, 1.165) is 31.7 Å². The van der Waals surface area contributed by atoms with Crippen LogP contribution in [-0.4, -0.2) is 19.6 Å². The molecule has 2 aromatic heterocycles. The summed E-state index contributed by atoms with van der Waals surface area (Å²) in [7, 11) is 0. The fourth-order valence-electron chi connectivity index (χ4n) is 2.33. The van der Waals surface area contributed by atoms with E-state index in [1.807, 2.05) is 17.1 Å². The van der Waals surface area contributed by atoms with E-state index in [1.165, 1.54) is 11.3 Å². The summed E-state index contributed by atoms with van der Waals surface area (Å²) in [5.74, 6) is 0. The minimum atomic E-state index is 0. The van der Waals surface area contributed by atoms with Gasteiger partial charge in [0.15, 0.2) is 0 Å². The van der Waals surface area contributed by atoms with Gasteiger partial charge in [0.1, 0.15) is 0 Å². The zero-order valence-corrected chi connectivity index (χ0v) is 14.2. The average Bonchev–Trinajstić information content (AvgIpc) is 2.98. The molecular weight excluding hydrogens is 286 g/mol. The second-order valence-electron chi connectivity index (χ2n) is 5.47. The van der Waals surface area contributed by atoms with Crippen molar-refractivity contribution in [1.29, 1.82) is 0 Å². The van der Waals surface area contributed by atoms with Gasteiger partial charge in [-0.05, 0) is 33.3 Å². The molecule has 0 saturated carbocycles. The van der Waals surface area contributed by atoms with Crippen LogP contribution in [0.3, 0.4) is 0 Å². The third-order valence-corrected chi connectivity index (χ3v) is 3.41. The number of nitrogens with zero attached hydrogens (tertiary/aromatic N) is 4. The molecule has 0 amide bonds. The normalized spacial score (nSPS) is 10.9. The van der Waals surface area contributed by atoms with E-state index in [1.54, 1.807) is 0 Å². The minimum absolute atomic E-state index is 0. The van der Waals surface area contributed by atoms with Crippen LogP contribution in [0.15, 0.2) is 18.5 Å². The molecule has 5 nitrogen and oxygen atoms in total. The Morgan fingerprint density at radius 1 is 1.29 bits per heavy atom. The molecule has 2 heterocycles. The van der Waals surface area contributed by atoms with Crippen molar-refractivity contribution in [3.05, 3.63) is 35.4 Å². The molecule has 2 rings (SSSR count). The van der Waals surface area contributed by atoms with Crippen molar-refractivity contribution in [1.82, 2.24) is 24.9 Å². The van der Waals surface area contributed by atoms with Crippen molar-refractivity contribution < 1.29 is 0 Å². The van der Waals surface area contributed by atoms with Gasteiger partial charge in [-0.15, -0.1) is 12.4 Å². The summed E-state index contributed by atoms with van der Waals surface area (Å²) >= 11 is 0. The van der Waals surface area contributed by atoms with E-state index < -0.39 is 0 Å². The molecule has 0 aliphatic rings. The second kappa shape index (κ2) is 8.20. The number of rotatable bonds is 7. The number of nitrogens with one attached hydrogen (secondary N) is 1. The first-order valence-electron chi connectivity index (χ1n) is 7.37. The molecule has 118 valence electrons. The van der Waals surface area contributed by atoms with Crippen LogP contribution in [0.4, 0.5) is 0 Å². The van der Waals surface area contributed by atoms with Gasteiger partial charge in [-0.1, -0.05) is 6.92 Å². The Bertz CT molecular complexity index is 544. The minimum Gasteiger partial charge on any atom is -0.307 e. The topological polar surface area (TPSA) is 47.7 Å². The predicted molar refractivity (Wildman–Crippen MR) is 87.7 cm³/mol. The van der Waals surface area contributed by atoms with Crippen molar-refractivity contribution in [3.63, 3.8) is 0 Å².